The minimum Gasteiger partial charge on any atom is -0.349 e. The molecule has 0 aromatic carbocycles. The Labute approximate surface area is 97.9 Å². The maximum atomic E-state index is 4.24. The number of halogens is 1. The van der Waals surface area contributed by atoms with Crippen LogP contribution in [0, 0.1) is 9.49 Å². The van der Waals surface area contributed by atoms with Crippen LogP contribution in [0.4, 0.5) is 5.95 Å². The molecule has 0 spiro atoms. The van der Waals surface area contributed by atoms with E-state index in [1.165, 1.54) is 12.8 Å². The Kier molecular flexibility index (Phi) is 2.64. The van der Waals surface area contributed by atoms with Gasteiger partial charge < -0.3 is 5.32 Å². The van der Waals surface area contributed by atoms with Crippen LogP contribution < -0.4 is 5.32 Å². The van der Waals surface area contributed by atoms with E-state index in [0.717, 1.165) is 15.4 Å². The molecule has 2 rings (SSSR count). The fourth-order valence-electron chi connectivity index (χ4n) is 1.57. The zero-order chi connectivity index (χ0) is 10.2. The van der Waals surface area contributed by atoms with Gasteiger partial charge >= 0.3 is 0 Å². The summed E-state index contributed by atoms with van der Waals surface area (Å²) in [6, 6.07) is 0. The molecule has 0 saturated heterocycles. The van der Waals surface area contributed by atoms with Crippen molar-refractivity contribution in [1.82, 2.24) is 9.97 Å². The molecular weight excluding hydrogens is 289 g/mol. The van der Waals surface area contributed by atoms with Crippen molar-refractivity contribution >= 4 is 28.5 Å². The predicted molar refractivity (Wildman–Crippen MR) is 65.2 cm³/mol. The van der Waals surface area contributed by atoms with Gasteiger partial charge in [-0.3, -0.25) is 0 Å². The van der Waals surface area contributed by atoms with Gasteiger partial charge in [-0.05, 0) is 55.2 Å². The molecule has 1 N–H and O–H groups in total. The Morgan fingerprint density at radius 3 is 2.43 bits per heavy atom. The first-order chi connectivity index (χ1) is 6.58. The molecule has 4 heteroatoms. The number of nitrogens with one attached hydrogen (secondary N) is 1. The van der Waals surface area contributed by atoms with Crippen molar-refractivity contribution < 1.29 is 0 Å². The number of hydrogen-bond acceptors (Lipinski definition) is 3. The SMILES string of the molecule is CC(C)(Nc1ncc(I)cn1)C1CC1. The highest BCUT2D eigenvalue weighted by Crippen LogP contribution is 2.40. The van der Waals surface area contributed by atoms with Crippen molar-refractivity contribution in [2.45, 2.75) is 32.2 Å². The average molecular weight is 303 g/mol. The molecule has 0 amide bonds. The molecule has 0 unspecified atom stereocenters. The molecule has 1 aromatic rings. The van der Waals surface area contributed by atoms with Crippen molar-refractivity contribution in [1.29, 1.82) is 0 Å². The van der Waals surface area contributed by atoms with Crippen LogP contribution in [0.5, 0.6) is 0 Å². The molecule has 1 heterocycles. The summed E-state index contributed by atoms with van der Waals surface area (Å²) in [4.78, 5) is 8.49. The number of aromatic nitrogens is 2. The third-order valence-electron chi connectivity index (χ3n) is 2.65. The van der Waals surface area contributed by atoms with Gasteiger partial charge in [0.2, 0.25) is 5.95 Å². The van der Waals surface area contributed by atoms with E-state index < -0.39 is 0 Å². The second kappa shape index (κ2) is 3.64. The molecule has 0 atom stereocenters. The van der Waals surface area contributed by atoms with Gasteiger partial charge in [0, 0.05) is 21.5 Å². The van der Waals surface area contributed by atoms with Crippen LogP contribution in [-0.4, -0.2) is 15.5 Å². The lowest BCUT2D eigenvalue weighted by atomic mass is 9.99. The first-order valence-corrected chi connectivity index (χ1v) is 5.91. The molecule has 1 aromatic heterocycles. The third-order valence-corrected chi connectivity index (χ3v) is 3.21. The fraction of sp³-hybridized carbons (Fsp3) is 0.600. The second-order valence-corrected chi connectivity index (χ2v) is 5.59. The summed E-state index contributed by atoms with van der Waals surface area (Å²) < 4.78 is 1.07. The highest BCUT2D eigenvalue weighted by molar-refractivity contribution is 14.1. The summed E-state index contributed by atoms with van der Waals surface area (Å²) in [5.41, 5.74) is 0.132. The summed E-state index contributed by atoms with van der Waals surface area (Å²) in [5, 5.41) is 3.38. The Morgan fingerprint density at radius 2 is 1.93 bits per heavy atom. The number of hydrogen-bond donors (Lipinski definition) is 1. The van der Waals surface area contributed by atoms with Crippen LogP contribution in [0.25, 0.3) is 0 Å². The maximum Gasteiger partial charge on any atom is 0.223 e. The molecule has 1 fully saturated rings. The van der Waals surface area contributed by atoms with Gasteiger partial charge in [0.15, 0.2) is 0 Å². The third kappa shape index (κ3) is 2.34. The van der Waals surface area contributed by atoms with Crippen molar-refractivity contribution in [3.05, 3.63) is 16.0 Å². The summed E-state index contributed by atoms with van der Waals surface area (Å²) in [6.07, 6.45) is 6.31. The van der Waals surface area contributed by atoms with Gasteiger partial charge in [-0.1, -0.05) is 0 Å². The van der Waals surface area contributed by atoms with Crippen LogP contribution in [0.15, 0.2) is 12.4 Å². The standard InChI is InChI=1S/C10H14IN3/c1-10(2,7-3-4-7)14-9-12-5-8(11)6-13-9/h5-7H,3-4H2,1-2H3,(H,12,13,14). The quantitative estimate of drug-likeness (QED) is 0.873. The molecule has 0 radical (unpaired) electrons. The monoisotopic (exact) mass is 303 g/mol. The lowest BCUT2D eigenvalue weighted by Gasteiger charge is -2.25. The topological polar surface area (TPSA) is 37.8 Å². The highest BCUT2D eigenvalue weighted by atomic mass is 127. The summed E-state index contributed by atoms with van der Waals surface area (Å²) in [5.74, 6) is 1.52. The smallest absolute Gasteiger partial charge is 0.223 e. The second-order valence-electron chi connectivity index (χ2n) is 4.35. The average Bonchev–Trinajstić information content (AvgIpc) is 2.91. The van der Waals surface area contributed by atoms with Gasteiger partial charge in [-0.2, -0.15) is 0 Å². The van der Waals surface area contributed by atoms with Gasteiger partial charge in [0.05, 0.1) is 0 Å². The molecule has 14 heavy (non-hydrogen) atoms. The molecule has 0 bridgehead atoms. The minimum atomic E-state index is 0.132. The molecule has 0 aliphatic heterocycles. The Balaban J connectivity index is 2.06. The van der Waals surface area contributed by atoms with E-state index in [9.17, 15) is 0 Å². The zero-order valence-corrected chi connectivity index (χ0v) is 10.6. The Morgan fingerprint density at radius 1 is 1.36 bits per heavy atom. The van der Waals surface area contributed by atoms with E-state index in [1.54, 1.807) is 0 Å². The lowest BCUT2D eigenvalue weighted by Crippen LogP contribution is -2.34. The van der Waals surface area contributed by atoms with Crippen LogP contribution in [0.1, 0.15) is 26.7 Å². The molecule has 1 saturated carbocycles. The molecule has 3 nitrogen and oxygen atoms in total. The fourth-order valence-corrected chi connectivity index (χ4v) is 1.85. The van der Waals surface area contributed by atoms with Crippen molar-refractivity contribution in [3.8, 4) is 0 Å². The predicted octanol–water partition coefficient (Wildman–Crippen LogP) is 2.68. The van der Waals surface area contributed by atoms with Gasteiger partial charge in [-0.25, -0.2) is 9.97 Å². The normalized spacial score (nSPS) is 16.8. The highest BCUT2D eigenvalue weighted by Gasteiger charge is 2.38. The van der Waals surface area contributed by atoms with Crippen molar-refractivity contribution in [2.24, 2.45) is 5.92 Å². The van der Waals surface area contributed by atoms with Crippen molar-refractivity contribution in [2.75, 3.05) is 5.32 Å². The largest absolute Gasteiger partial charge is 0.349 e. The zero-order valence-electron chi connectivity index (χ0n) is 8.42. The van der Waals surface area contributed by atoms with E-state index in [2.05, 4.69) is 51.7 Å². The lowest BCUT2D eigenvalue weighted by molar-refractivity contribution is 0.490. The van der Waals surface area contributed by atoms with Crippen LogP contribution >= 0.6 is 22.6 Å². The van der Waals surface area contributed by atoms with E-state index >= 15 is 0 Å². The molecule has 1 aliphatic carbocycles. The number of anilines is 1. The minimum absolute atomic E-state index is 0.132. The molecule has 76 valence electrons. The van der Waals surface area contributed by atoms with Crippen LogP contribution in [0.2, 0.25) is 0 Å². The maximum absolute atomic E-state index is 4.24. The summed E-state index contributed by atoms with van der Waals surface area (Å²) in [6.45, 7) is 4.43. The van der Waals surface area contributed by atoms with Gasteiger partial charge in [-0.15, -0.1) is 0 Å². The van der Waals surface area contributed by atoms with Crippen LogP contribution in [-0.2, 0) is 0 Å². The number of nitrogens with zero attached hydrogens (tertiary/aromatic N) is 2. The van der Waals surface area contributed by atoms with Gasteiger partial charge in [0.1, 0.15) is 0 Å². The Bertz CT molecular complexity index is 317. The first-order valence-electron chi connectivity index (χ1n) is 4.84. The van der Waals surface area contributed by atoms with E-state index in [4.69, 9.17) is 0 Å². The van der Waals surface area contributed by atoms with Crippen LogP contribution in [0.3, 0.4) is 0 Å². The first kappa shape index (κ1) is 10.1. The molecular formula is C10H14IN3. The molecule has 1 aliphatic rings. The summed E-state index contributed by atoms with van der Waals surface area (Å²) >= 11 is 2.21. The van der Waals surface area contributed by atoms with E-state index in [0.29, 0.717) is 0 Å². The number of rotatable bonds is 3. The Hall–Kier alpha value is -0.390. The van der Waals surface area contributed by atoms with E-state index in [-0.39, 0.29) is 5.54 Å². The van der Waals surface area contributed by atoms with Gasteiger partial charge in [0.25, 0.3) is 0 Å². The van der Waals surface area contributed by atoms with Crippen molar-refractivity contribution in [3.63, 3.8) is 0 Å². The summed E-state index contributed by atoms with van der Waals surface area (Å²) in [7, 11) is 0. The van der Waals surface area contributed by atoms with E-state index in [1.807, 2.05) is 12.4 Å².